The predicted molar refractivity (Wildman–Crippen MR) is 120 cm³/mol. The van der Waals surface area contributed by atoms with Gasteiger partial charge in [0.15, 0.2) is 16.6 Å². The molecule has 10 heteroatoms. The van der Waals surface area contributed by atoms with Crippen molar-refractivity contribution < 1.29 is 23.1 Å². The fraction of sp³-hybridized carbons (Fsp3) is 0.174. The second-order valence-electron chi connectivity index (χ2n) is 7.47. The number of benzene rings is 2. The van der Waals surface area contributed by atoms with Crippen LogP contribution >= 0.6 is 11.3 Å². The number of nitrogens with one attached hydrogen (secondary N) is 1. The van der Waals surface area contributed by atoms with Gasteiger partial charge in [-0.1, -0.05) is 12.1 Å². The highest BCUT2D eigenvalue weighted by Crippen LogP contribution is 2.26. The molecular formula is C23H18F2N4O3S. The first-order valence-corrected chi connectivity index (χ1v) is 11.1. The first-order chi connectivity index (χ1) is 16.0. The summed E-state index contributed by atoms with van der Waals surface area (Å²) >= 11 is 1.37. The fourth-order valence-corrected chi connectivity index (χ4v) is 4.45. The summed E-state index contributed by atoms with van der Waals surface area (Å²) in [5.74, 6) is -2.73. The molecule has 2 aromatic heterocycles. The molecule has 4 aromatic rings. The van der Waals surface area contributed by atoms with Crippen LogP contribution in [0.1, 0.15) is 20.8 Å². The number of aromatic nitrogens is 2. The molecule has 2 aromatic carbocycles. The number of anilines is 1. The van der Waals surface area contributed by atoms with Gasteiger partial charge in [0.05, 0.1) is 18.9 Å². The summed E-state index contributed by atoms with van der Waals surface area (Å²) in [4.78, 5) is 32.4. The average molecular weight is 468 g/mol. The highest BCUT2D eigenvalue weighted by molar-refractivity contribution is 7.15. The molecule has 0 aliphatic carbocycles. The zero-order valence-electron chi connectivity index (χ0n) is 17.3. The lowest BCUT2D eigenvalue weighted by atomic mass is 10.1. The molecule has 0 unspecified atom stereocenters. The van der Waals surface area contributed by atoms with Gasteiger partial charge >= 0.3 is 0 Å². The Kier molecular flexibility index (Phi) is 5.61. The normalized spacial score (nSPS) is 13.9. The van der Waals surface area contributed by atoms with Gasteiger partial charge in [0, 0.05) is 41.5 Å². The standard InChI is InChI=1S/C23H18F2N4O3S/c24-17-5-4-15(11-18(17)25)21(30)26-16-3-1-2-14(10-16)19-12-29-20(13-33-23(29)27-19)22(31)28-6-8-32-9-7-28/h1-5,10-13H,6-9H2,(H,26,30). The summed E-state index contributed by atoms with van der Waals surface area (Å²) in [5.41, 5.74) is 2.40. The maximum Gasteiger partial charge on any atom is 0.271 e. The summed E-state index contributed by atoms with van der Waals surface area (Å²) in [6.07, 6.45) is 1.79. The monoisotopic (exact) mass is 468 g/mol. The van der Waals surface area contributed by atoms with Crippen LogP contribution in [0.2, 0.25) is 0 Å². The number of hydrogen-bond acceptors (Lipinski definition) is 5. The number of morpholine rings is 1. The van der Waals surface area contributed by atoms with Crippen molar-refractivity contribution in [2.24, 2.45) is 0 Å². The highest BCUT2D eigenvalue weighted by Gasteiger charge is 2.22. The van der Waals surface area contributed by atoms with Crippen LogP contribution in [0.25, 0.3) is 16.2 Å². The van der Waals surface area contributed by atoms with Crippen molar-refractivity contribution in [3.8, 4) is 11.3 Å². The van der Waals surface area contributed by atoms with Gasteiger partial charge in [0.1, 0.15) is 5.69 Å². The number of rotatable bonds is 4. The number of carbonyl (C=O) groups is 2. The first kappa shape index (κ1) is 21.2. The number of amides is 2. The Balaban J connectivity index is 1.38. The van der Waals surface area contributed by atoms with Gasteiger partial charge in [0.25, 0.3) is 11.8 Å². The lowest BCUT2D eigenvalue weighted by molar-refractivity contribution is 0.0298. The molecular weight excluding hydrogens is 450 g/mol. The van der Waals surface area contributed by atoms with Gasteiger partial charge in [0.2, 0.25) is 0 Å². The molecule has 0 saturated carbocycles. The van der Waals surface area contributed by atoms with E-state index in [1.165, 1.54) is 17.4 Å². The molecule has 5 rings (SSSR count). The third kappa shape index (κ3) is 4.22. The van der Waals surface area contributed by atoms with Gasteiger partial charge in [-0.2, -0.15) is 0 Å². The van der Waals surface area contributed by atoms with Crippen LogP contribution in [-0.4, -0.2) is 52.4 Å². The Morgan fingerprint density at radius 2 is 1.88 bits per heavy atom. The highest BCUT2D eigenvalue weighted by atomic mass is 32.1. The first-order valence-electron chi connectivity index (χ1n) is 10.2. The Labute approximate surface area is 191 Å². The number of halogens is 2. The van der Waals surface area contributed by atoms with Crippen LogP contribution in [0.5, 0.6) is 0 Å². The second kappa shape index (κ2) is 8.72. The molecule has 0 atom stereocenters. The van der Waals surface area contributed by atoms with Crippen LogP contribution in [0, 0.1) is 11.6 Å². The van der Waals surface area contributed by atoms with Crippen LogP contribution in [0.4, 0.5) is 14.5 Å². The predicted octanol–water partition coefficient (Wildman–Crippen LogP) is 4.07. The van der Waals surface area contributed by atoms with Gasteiger partial charge in [-0.05, 0) is 30.3 Å². The third-order valence-corrected chi connectivity index (χ3v) is 6.16. The number of ether oxygens (including phenoxy) is 1. The number of fused-ring (bicyclic) bond motifs is 1. The maximum atomic E-state index is 13.4. The second-order valence-corrected chi connectivity index (χ2v) is 8.30. The Morgan fingerprint density at radius 3 is 2.67 bits per heavy atom. The van der Waals surface area contributed by atoms with Gasteiger partial charge in [-0.15, -0.1) is 11.3 Å². The van der Waals surface area contributed by atoms with Crippen LogP contribution < -0.4 is 5.32 Å². The summed E-state index contributed by atoms with van der Waals surface area (Å²) in [6, 6.07) is 9.99. The molecule has 0 radical (unpaired) electrons. The summed E-state index contributed by atoms with van der Waals surface area (Å²) in [6.45, 7) is 2.16. The van der Waals surface area contributed by atoms with E-state index in [1.807, 2.05) is 6.07 Å². The zero-order valence-corrected chi connectivity index (χ0v) is 18.1. The minimum Gasteiger partial charge on any atom is -0.378 e. The molecule has 1 aliphatic heterocycles. The number of thiazole rings is 1. The van der Waals surface area contributed by atoms with Crippen LogP contribution in [0.15, 0.2) is 54.0 Å². The molecule has 1 aliphatic rings. The summed E-state index contributed by atoms with van der Waals surface area (Å²) < 4.78 is 33.7. The van der Waals surface area contributed by atoms with Crippen molar-refractivity contribution in [3.63, 3.8) is 0 Å². The summed E-state index contributed by atoms with van der Waals surface area (Å²) in [5, 5.41) is 4.48. The molecule has 0 spiro atoms. The van der Waals surface area contributed by atoms with E-state index in [9.17, 15) is 18.4 Å². The van der Waals surface area contributed by atoms with E-state index in [4.69, 9.17) is 4.74 Å². The Hall–Kier alpha value is -3.63. The molecule has 1 N–H and O–H groups in total. The molecule has 168 valence electrons. The van der Waals surface area contributed by atoms with Crippen molar-refractivity contribution in [1.82, 2.24) is 14.3 Å². The SMILES string of the molecule is O=C(Nc1cccc(-c2cn3c(C(=O)N4CCOCC4)csc3n2)c1)c1ccc(F)c(F)c1. The van der Waals surface area contributed by atoms with Crippen molar-refractivity contribution >= 4 is 33.8 Å². The number of carbonyl (C=O) groups excluding carboxylic acids is 2. The molecule has 1 fully saturated rings. The molecule has 1 saturated heterocycles. The Bertz CT molecular complexity index is 1360. The largest absolute Gasteiger partial charge is 0.378 e. The quantitative estimate of drug-likeness (QED) is 0.490. The number of hydrogen-bond donors (Lipinski definition) is 1. The topological polar surface area (TPSA) is 75.9 Å². The molecule has 0 bridgehead atoms. The van der Waals surface area contributed by atoms with Crippen LogP contribution in [0.3, 0.4) is 0 Å². The van der Waals surface area contributed by atoms with E-state index in [2.05, 4.69) is 10.3 Å². The lowest BCUT2D eigenvalue weighted by Crippen LogP contribution is -2.41. The van der Waals surface area contributed by atoms with E-state index in [-0.39, 0.29) is 11.5 Å². The fourth-order valence-electron chi connectivity index (χ4n) is 3.60. The zero-order chi connectivity index (χ0) is 22.9. The minimum absolute atomic E-state index is 0.00748. The molecule has 7 nitrogen and oxygen atoms in total. The molecule has 3 heterocycles. The van der Waals surface area contributed by atoms with Crippen molar-refractivity contribution in [2.75, 3.05) is 31.6 Å². The Morgan fingerprint density at radius 1 is 1.06 bits per heavy atom. The smallest absolute Gasteiger partial charge is 0.271 e. The van der Waals surface area contributed by atoms with E-state index in [0.717, 1.165) is 17.7 Å². The summed E-state index contributed by atoms with van der Waals surface area (Å²) in [7, 11) is 0. The van der Waals surface area contributed by atoms with Crippen molar-refractivity contribution in [2.45, 2.75) is 0 Å². The minimum atomic E-state index is -1.09. The van der Waals surface area contributed by atoms with E-state index >= 15 is 0 Å². The van der Waals surface area contributed by atoms with Crippen molar-refractivity contribution in [1.29, 1.82) is 0 Å². The van der Waals surface area contributed by atoms with Crippen molar-refractivity contribution in [3.05, 3.63) is 76.9 Å². The maximum absolute atomic E-state index is 13.4. The van der Waals surface area contributed by atoms with E-state index < -0.39 is 17.5 Å². The van der Waals surface area contributed by atoms with E-state index in [1.54, 1.807) is 39.1 Å². The van der Waals surface area contributed by atoms with Crippen LogP contribution in [-0.2, 0) is 4.74 Å². The number of imidazole rings is 1. The van der Waals surface area contributed by atoms with E-state index in [0.29, 0.717) is 48.3 Å². The molecule has 33 heavy (non-hydrogen) atoms. The average Bonchev–Trinajstić information content (AvgIpc) is 3.42. The number of nitrogens with zero attached hydrogens (tertiary/aromatic N) is 3. The van der Waals surface area contributed by atoms with Gasteiger partial charge in [-0.3, -0.25) is 14.0 Å². The third-order valence-electron chi connectivity index (χ3n) is 5.32. The van der Waals surface area contributed by atoms with Gasteiger partial charge < -0.3 is 15.0 Å². The van der Waals surface area contributed by atoms with Gasteiger partial charge in [-0.25, -0.2) is 13.8 Å². The molecule has 2 amide bonds. The lowest BCUT2D eigenvalue weighted by Gasteiger charge is -2.26.